The summed E-state index contributed by atoms with van der Waals surface area (Å²) in [4.78, 5) is 17.9. The Morgan fingerprint density at radius 2 is 2.24 bits per heavy atom. The van der Waals surface area contributed by atoms with E-state index in [4.69, 9.17) is 0 Å². The van der Waals surface area contributed by atoms with Crippen molar-refractivity contribution >= 4 is 28.9 Å². The van der Waals surface area contributed by atoms with Gasteiger partial charge in [0, 0.05) is 14.1 Å². The largest absolute Gasteiger partial charge is 0.290 e. The number of aliphatic imine (C=N–C) groups is 1. The average Bonchev–Trinajstić information content (AvgIpc) is 2.57. The molecule has 0 bridgehead atoms. The summed E-state index contributed by atoms with van der Waals surface area (Å²) in [5.41, 5.74) is 0.673. The van der Waals surface area contributed by atoms with Gasteiger partial charge in [-0.05, 0) is 35.5 Å². The molecule has 1 saturated heterocycles. The smallest absolute Gasteiger partial charge is 0.266 e. The number of halogens is 1. The number of carbonyl (C=O) groups excluding carboxylic acids is 1. The van der Waals surface area contributed by atoms with E-state index >= 15 is 0 Å². The van der Waals surface area contributed by atoms with Crippen LogP contribution in [0.5, 0.6) is 0 Å². The van der Waals surface area contributed by atoms with E-state index < -0.39 is 0 Å². The van der Waals surface area contributed by atoms with Crippen LogP contribution < -0.4 is 0 Å². The van der Waals surface area contributed by atoms with Gasteiger partial charge in [-0.1, -0.05) is 12.1 Å². The molecule has 0 spiro atoms. The molecule has 1 aromatic carbocycles. The molecule has 3 nitrogen and oxygen atoms in total. The molecule has 1 fully saturated rings. The molecular formula is C12H11FN2OS. The molecular weight excluding hydrogens is 239 g/mol. The molecule has 1 heterocycles. The van der Waals surface area contributed by atoms with E-state index in [1.165, 1.54) is 28.8 Å². The summed E-state index contributed by atoms with van der Waals surface area (Å²) < 4.78 is 13.0. The first-order valence-electron chi connectivity index (χ1n) is 5.02. The Kier molecular flexibility index (Phi) is 3.28. The summed E-state index contributed by atoms with van der Waals surface area (Å²) in [6.07, 6.45) is 1.67. The molecule has 17 heavy (non-hydrogen) atoms. The summed E-state index contributed by atoms with van der Waals surface area (Å²) in [6, 6.07) is 6.13. The topological polar surface area (TPSA) is 32.7 Å². The lowest BCUT2D eigenvalue weighted by Gasteiger charge is -2.04. The zero-order chi connectivity index (χ0) is 12.4. The van der Waals surface area contributed by atoms with Crippen LogP contribution in [0.2, 0.25) is 0 Å². The monoisotopic (exact) mass is 250 g/mol. The maximum absolute atomic E-state index is 13.0. The number of likely N-dealkylation sites (N-methyl/N-ethyl adjacent to an activating group) is 1. The second-order valence-corrected chi connectivity index (χ2v) is 4.55. The Labute approximate surface area is 103 Å². The molecule has 2 rings (SSSR count). The number of benzene rings is 1. The third kappa shape index (κ3) is 2.39. The van der Waals surface area contributed by atoms with E-state index in [1.54, 1.807) is 32.3 Å². The van der Waals surface area contributed by atoms with Crippen LogP contribution in [0.3, 0.4) is 0 Å². The van der Waals surface area contributed by atoms with Crippen molar-refractivity contribution in [2.24, 2.45) is 4.99 Å². The van der Waals surface area contributed by atoms with Gasteiger partial charge in [0.2, 0.25) is 0 Å². The Morgan fingerprint density at radius 3 is 2.82 bits per heavy atom. The molecule has 0 N–H and O–H groups in total. The Bertz CT molecular complexity index is 525. The number of rotatable bonds is 1. The van der Waals surface area contributed by atoms with Gasteiger partial charge in [-0.3, -0.25) is 14.7 Å². The highest BCUT2D eigenvalue weighted by Crippen LogP contribution is 2.31. The van der Waals surface area contributed by atoms with Crippen LogP contribution in [0.4, 0.5) is 4.39 Å². The van der Waals surface area contributed by atoms with E-state index in [0.717, 1.165) is 0 Å². The van der Waals surface area contributed by atoms with Gasteiger partial charge in [0.25, 0.3) is 5.91 Å². The normalized spacial score (nSPS) is 20.6. The van der Waals surface area contributed by atoms with Gasteiger partial charge in [0.1, 0.15) is 5.82 Å². The lowest BCUT2D eigenvalue weighted by atomic mass is 10.2. The van der Waals surface area contributed by atoms with Crippen molar-refractivity contribution in [1.82, 2.24) is 4.90 Å². The predicted molar refractivity (Wildman–Crippen MR) is 68.1 cm³/mol. The minimum absolute atomic E-state index is 0.111. The van der Waals surface area contributed by atoms with Gasteiger partial charge in [0.15, 0.2) is 5.17 Å². The van der Waals surface area contributed by atoms with Crippen LogP contribution in [-0.2, 0) is 4.79 Å². The lowest BCUT2D eigenvalue weighted by molar-refractivity contribution is -0.121. The van der Waals surface area contributed by atoms with Crippen LogP contribution in [-0.4, -0.2) is 30.1 Å². The highest BCUT2D eigenvalue weighted by Gasteiger charge is 2.29. The number of hydrogen-bond donors (Lipinski definition) is 0. The SMILES string of the molecule is CN=C1S/C(=C/c2cccc(F)c2)C(=O)N1C. The Morgan fingerprint density at radius 1 is 1.47 bits per heavy atom. The second kappa shape index (κ2) is 4.71. The summed E-state index contributed by atoms with van der Waals surface area (Å²) in [5, 5.41) is 0.651. The number of amidine groups is 1. The van der Waals surface area contributed by atoms with Gasteiger partial charge < -0.3 is 0 Å². The molecule has 88 valence electrons. The zero-order valence-corrected chi connectivity index (χ0v) is 10.3. The van der Waals surface area contributed by atoms with E-state index in [9.17, 15) is 9.18 Å². The maximum atomic E-state index is 13.0. The van der Waals surface area contributed by atoms with Gasteiger partial charge >= 0.3 is 0 Å². The third-order valence-corrected chi connectivity index (χ3v) is 3.49. The summed E-state index contributed by atoms with van der Waals surface area (Å²) in [5.74, 6) is -0.424. The van der Waals surface area contributed by atoms with Crippen molar-refractivity contribution in [3.63, 3.8) is 0 Å². The fraction of sp³-hybridized carbons (Fsp3) is 0.167. The lowest BCUT2D eigenvalue weighted by Crippen LogP contribution is -2.23. The second-order valence-electron chi connectivity index (χ2n) is 3.54. The van der Waals surface area contributed by atoms with Crippen LogP contribution >= 0.6 is 11.8 Å². The molecule has 0 radical (unpaired) electrons. The summed E-state index contributed by atoms with van der Waals surface area (Å²) in [6.45, 7) is 0. The summed E-state index contributed by atoms with van der Waals surface area (Å²) in [7, 11) is 3.31. The number of nitrogens with zero attached hydrogens (tertiary/aromatic N) is 2. The molecule has 5 heteroatoms. The number of thioether (sulfide) groups is 1. The molecule has 1 aliphatic heterocycles. The number of carbonyl (C=O) groups is 1. The highest BCUT2D eigenvalue weighted by atomic mass is 32.2. The number of hydrogen-bond acceptors (Lipinski definition) is 3. The Balaban J connectivity index is 2.33. The maximum Gasteiger partial charge on any atom is 0.266 e. The molecule has 0 atom stereocenters. The highest BCUT2D eigenvalue weighted by molar-refractivity contribution is 8.18. The first-order chi connectivity index (χ1) is 8.11. The minimum Gasteiger partial charge on any atom is -0.290 e. The summed E-state index contributed by atoms with van der Waals surface area (Å²) >= 11 is 1.29. The first kappa shape index (κ1) is 11.9. The van der Waals surface area contributed by atoms with Gasteiger partial charge in [0.05, 0.1) is 4.91 Å². The van der Waals surface area contributed by atoms with Crippen LogP contribution in [0.15, 0.2) is 34.2 Å². The fourth-order valence-corrected chi connectivity index (χ4v) is 2.42. The number of amides is 1. The van der Waals surface area contributed by atoms with Crippen molar-refractivity contribution in [3.8, 4) is 0 Å². The van der Waals surface area contributed by atoms with Gasteiger partial charge in [-0.2, -0.15) is 0 Å². The minimum atomic E-state index is -0.312. The zero-order valence-electron chi connectivity index (χ0n) is 9.48. The molecule has 0 aliphatic carbocycles. The van der Waals surface area contributed by atoms with Gasteiger partial charge in [-0.25, -0.2) is 4.39 Å². The van der Waals surface area contributed by atoms with Crippen molar-refractivity contribution in [2.45, 2.75) is 0 Å². The van der Waals surface area contributed by atoms with E-state index in [1.807, 2.05) is 0 Å². The molecule has 1 amide bonds. The van der Waals surface area contributed by atoms with Crippen LogP contribution in [0, 0.1) is 5.82 Å². The fourth-order valence-electron chi connectivity index (χ4n) is 1.50. The quantitative estimate of drug-likeness (QED) is 0.717. The third-order valence-electron chi connectivity index (χ3n) is 2.34. The Hall–Kier alpha value is -1.62. The van der Waals surface area contributed by atoms with E-state index in [2.05, 4.69) is 4.99 Å². The van der Waals surface area contributed by atoms with E-state index in [0.29, 0.717) is 15.6 Å². The van der Waals surface area contributed by atoms with E-state index in [-0.39, 0.29) is 11.7 Å². The van der Waals surface area contributed by atoms with Crippen molar-refractivity contribution in [2.75, 3.05) is 14.1 Å². The molecule has 1 aliphatic rings. The molecule has 0 unspecified atom stereocenters. The first-order valence-corrected chi connectivity index (χ1v) is 5.83. The standard InChI is InChI=1S/C12H11FN2OS/c1-14-12-15(2)11(16)10(17-12)7-8-4-3-5-9(13)6-8/h3-7H,1-2H3/b10-7+,14-12?. The molecule has 0 saturated carbocycles. The van der Waals surface area contributed by atoms with Crippen LogP contribution in [0.25, 0.3) is 6.08 Å². The van der Waals surface area contributed by atoms with Crippen molar-refractivity contribution in [1.29, 1.82) is 0 Å². The molecule has 0 aromatic heterocycles. The predicted octanol–water partition coefficient (Wildman–Crippen LogP) is 2.36. The van der Waals surface area contributed by atoms with Crippen molar-refractivity contribution < 1.29 is 9.18 Å². The van der Waals surface area contributed by atoms with Crippen molar-refractivity contribution in [3.05, 3.63) is 40.6 Å². The van der Waals surface area contributed by atoms with Gasteiger partial charge in [-0.15, -0.1) is 0 Å². The molecule has 1 aromatic rings. The average molecular weight is 250 g/mol. The van der Waals surface area contributed by atoms with Crippen LogP contribution in [0.1, 0.15) is 5.56 Å².